The van der Waals surface area contributed by atoms with Crippen LogP contribution < -0.4 is 10.5 Å². The van der Waals surface area contributed by atoms with Gasteiger partial charge in [0.05, 0.1) is 10.7 Å². The second-order valence-corrected chi connectivity index (χ2v) is 3.19. The fourth-order valence-corrected chi connectivity index (χ4v) is 1.15. The highest BCUT2D eigenvalue weighted by Gasteiger charge is 2.07. The van der Waals surface area contributed by atoms with E-state index in [1.807, 2.05) is 28.7 Å². The summed E-state index contributed by atoms with van der Waals surface area (Å²) in [5.41, 5.74) is 5.91. The molecule has 0 saturated carbocycles. The second kappa shape index (κ2) is 3.58. The van der Waals surface area contributed by atoms with Crippen LogP contribution in [0.3, 0.4) is 0 Å². The van der Waals surface area contributed by atoms with Gasteiger partial charge in [0.25, 0.3) is 0 Å². The Balaban J connectivity index is 3.31. The molecule has 0 atom stereocenters. The molecule has 1 heterocycles. The number of nitrogens with two attached hydrogens (primary N) is 1. The molecule has 0 aliphatic carbocycles. The molecule has 0 spiro atoms. The maximum atomic E-state index is 8.65. The first kappa shape index (κ1) is 9.06. The van der Waals surface area contributed by atoms with E-state index >= 15 is 0 Å². The van der Waals surface area contributed by atoms with Gasteiger partial charge in [0.15, 0.2) is 0 Å². The molecule has 0 amide bonds. The number of hydrogen-bond donors (Lipinski definition) is 1. The van der Waals surface area contributed by atoms with Gasteiger partial charge in [-0.2, -0.15) is 10.2 Å². The second-order valence-electron chi connectivity index (χ2n) is 2.02. The Morgan fingerprint density at radius 3 is 2.92 bits per heavy atom. The van der Waals surface area contributed by atoms with Crippen LogP contribution in [0, 0.1) is 14.9 Å². The fourth-order valence-electron chi connectivity index (χ4n) is 0.721. The highest BCUT2D eigenvalue weighted by atomic mass is 127. The number of hydrogen-bond acceptors (Lipinski definition) is 4. The zero-order valence-electron chi connectivity index (χ0n) is 6.34. The van der Waals surface area contributed by atoms with Crippen LogP contribution in [0.2, 0.25) is 0 Å². The predicted molar refractivity (Wildman–Crippen MR) is 52.6 cm³/mol. The number of halogens is 1. The highest BCUT2D eigenvalue weighted by molar-refractivity contribution is 14.1. The molecule has 0 saturated heterocycles. The SMILES string of the molecule is COc1nc(N)c(I)cc1C#N. The average molecular weight is 275 g/mol. The molecule has 12 heavy (non-hydrogen) atoms. The molecule has 1 rings (SSSR count). The van der Waals surface area contributed by atoms with E-state index in [-0.39, 0.29) is 5.88 Å². The fraction of sp³-hybridized carbons (Fsp3) is 0.143. The first-order valence-corrected chi connectivity index (χ1v) is 4.17. The number of nitriles is 1. The van der Waals surface area contributed by atoms with E-state index < -0.39 is 0 Å². The molecule has 4 nitrogen and oxygen atoms in total. The van der Waals surface area contributed by atoms with Gasteiger partial charge in [-0.25, -0.2) is 0 Å². The molecule has 1 aromatic rings. The number of methoxy groups -OCH3 is 1. The van der Waals surface area contributed by atoms with Crippen molar-refractivity contribution in [1.29, 1.82) is 5.26 Å². The normalized spacial score (nSPS) is 9.08. The quantitative estimate of drug-likeness (QED) is 0.780. The standard InChI is InChI=1S/C7H6IN3O/c1-12-7-4(3-9)2-5(8)6(10)11-7/h2H,1H3,(H2,10,11). The zero-order valence-corrected chi connectivity index (χ0v) is 8.49. The molecule has 0 aromatic carbocycles. The smallest absolute Gasteiger partial charge is 0.233 e. The topological polar surface area (TPSA) is 71.9 Å². The number of rotatable bonds is 1. The van der Waals surface area contributed by atoms with Gasteiger partial charge >= 0.3 is 0 Å². The largest absolute Gasteiger partial charge is 0.480 e. The third kappa shape index (κ3) is 1.58. The Kier molecular flexibility index (Phi) is 2.70. The van der Waals surface area contributed by atoms with Gasteiger partial charge < -0.3 is 10.5 Å². The van der Waals surface area contributed by atoms with Crippen LogP contribution in [-0.2, 0) is 0 Å². The van der Waals surface area contributed by atoms with Gasteiger partial charge in [0.2, 0.25) is 5.88 Å². The maximum absolute atomic E-state index is 8.65. The lowest BCUT2D eigenvalue weighted by atomic mass is 10.3. The molecular weight excluding hydrogens is 269 g/mol. The van der Waals surface area contributed by atoms with E-state index in [2.05, 4.69) is 4.98 Å². The molecule has 1 aromatic heterocycles. The summed E-state index contributed by atoms with van der Waals surface area (Å²) in [6.45, 7) is 0. The molecule has 0 unspecified atom stereocenters. The van der Waals surface area contributed by atoms with E-state index in [0.29, 0.717) is 11.4 Å². The Morgan fingerprint density at radius 2 is 2.42 bits per heavy atom. The summed E-state index contributed by atoms with van der Waals surface area (Å²) in [6.07, 6.45) is 0. The summed E-state index contributed by atoms with van der Waals surface area (Å²) in [5, 5.41) is 8.65. The summed E-state index contributed by atoms with van der Waals surface area (Å²) >= 11 is 2.01. The summed E-state index contributed by atoms with van der Waals surface area (Å²) in [7, 11) is 1.45. The number of pyridine rings is 1. The molecule has 2 N–H and O–H groups in total. The lowest BCUT2D eigenvalue weighted by molar-refractivity contribution is 0.397. The van der Waals surface area contributed by atoms with Crippen LogP contribution in [0.1, 0.15) is 5.56 Å². The van der Waals surface area contributed by atoms with E-state index in [0.717, 1.165) is 3.57 Å². The third-order valence-corrected chi connectivity index (χ3v) is 2.15. The van der Waals surface area contributed by atoms with Crippen LogP contribution >= 0.6 is 22.6 Å². The molecule has 0 bridgehead atoms. The van der Waals surface area contributed by atoms with Crippen molar-refractivity contribution < 1.29 is 4.74 Å². The van der Waals surface area contributed by atoms with Crippen molar-refractivity contribution in [3.05, 3.63) is 15.2 Å². The van der Waals surface area contributed by atoms with Gasteiger partial charge in [0, 0.05) is 0 Å². The summed E-state index contributed by atoms with van der Waals surface area (Å²) in [5.74, 6) is 0.655. The maximum Gasteiger partial charge on any atom is 0.233 e. The highest BCUT2D eigenvalue weighted by Crippen LogP contribution is 2.21. The monoisotopic (exact) mass is 275 g/mol. The van der Waals surface area contributed by atoms with Crippen molar-refractivity contribution in [3.8, 4) is 11.9 Å². The van der Waals surface area contributed by atoms with Gasteiger partial charge in [-0.05, 0) is 28.7 Å². The van der Waals surface area contributed by atoms with Crippen LogP contribution in [0.4, 0.5) is 5.82 Å². The lowest BCUT2D eigenvalue weighted by Gasteiger charge is -2.03. The Hall–Kier alpha value is -1.03. The molecule has 5 heteroatoms. The van der Waals surface area contributed by atoms with E-state index in [1.54, 1.807) is 6.07 Å². The summed E-state index contributed by atoms with van der Waals surface area (Å²) < 4.78 is 5.61. The molecule has 0 fully saturated rings. The van der Waals surface area contributed by atoms with Crippen molar-refractivity contribution >= 4 is 28.4 Å². The van der Waals surface area contributed by atoms with E-state index in [1.165, 1.54) is 7.11 Å². The minimum Gasteiger partial charge on any atom is -0.480 e. The lowest BCUT2D eigenvalue weighted by Crippen LogP contribution is -1.99. The predicted octanol–water partition coefficient (Wildman–Crippen LogP) is 1.15. The van der Waals surface area contributed by atoms with Gasteiger partial charge in [0.1, 0.15) is 17.5 Å². The molecule has 62 valence electrons. The van der Waals surface area contributed by atoms with Crippen LogP contribution in [0.5, 0.6) is 5.88 Å². The Morgan fingerprint density at radius 1 is 1.75 bits per heavy atom. The zero-order chi connectivity index (χ0) is 9.14. The molecular formula is C7H6IN3O. The van der Waals surface area contributed by atoms with Crippen LogP contribution in [0.15, 0.2) is 6.07 Å². The van der Waals surface area contributed by atoms with Gasteiger partial charge in [-0.1, -0.05) is 0 Å². The van der Waals surface area contributed by atoms with Crippen LogP contribution in [-0.4, -0.2) is 12.1 Å². The Bertz CT molecular complexity index is 345. The molecule has 0 radical (unpaired) electrons. The number of nitrogens with zero attached hydrogens (tertiary/aromatic N) is 2. The number of anilines is 1. The molecule has 0 aliphatic rings. The summed E-state index contributed by atoms with van der Waals surface area (Å²) in [6, 6.07) is 3.61. The third-order valence-electron chi connectivity index (χ3n) is 1.28. The van der Waals surface area contributed by atoms with Crippen molar-refractivity contribution in [2.75, 3.05) is 12.8 Å². The molecule has 0 aliphatic heterocycles. The van der Waals surface area contributed by atoms with E-state index in [9.17, 15) is 0 Å². The first-order chi connectivity index (χ1) is 5.69. The minimum atomic E-state index is 0.274. The summed E-state index contributed by atoms with van der Waals surface area (Å²) in [4.78, 5) is 3.89. The van der Waals surface area contributed by atoms with Crippen molar-refractivity contribution in [3.63, 3.8) is 0 Å². The first-order valence-electron chi connectivity index (χ1n) is 3.09. The van der Waals surface area contributed by atoms with Gasteiger partial charge in [-0.3, -0.25) is 0 Å². The van der Waals surface area contributed by atoms with E-state index in [4.69, 9.17) is 15.7 Å². The van der Waals surface area contributed by atoms with Crippen LogP contribution in [0.25, 0.3) is 0 Å². The minimum absolute atomic E-state index is 0.274. The number of aromatic nitrogens is 1. The van der Waals surface area contributed by atoms with Crippen molar-refractivity contribution in [2.24, 2.45) is 0 Å². The van der Waals surface area contributed by atoms with Gasteiger partial charge in [-0.15, -0.1) is 0 Å². The average Bonchev–Trinajstić information content (AvgIpc) is 2.09. The van der Waals surface area contributed by atoms with Crippen molar-refractivity contribution in [2.45, 2.75) is 0 Å². The Labute approximate surface area is 83.5 Å². The number of ether oxygens (including phenoxy) is 1. The van der Waals surface area contributed by atoms with Crippen molar-refractivity contribution in [1.82, 2.24) is 4.98 Å². The number of nitrogen functional groups attached to an aromatic ring is 1.